The molecule has 1 amide bonds. The van der Waals surface area contributed by atoms with Crippen LogP contribution in [0, 0.1) is 5.82 Å². The molecule has 1 aromatic rings. The van der Waals surface area contributed by atoms with Crippen molar-refractivity contribution in [3.05, 3.63) is 24.0 Å². The monoisotopic (exact) mass is 289 g/mol. The lowest BCUT2D eigenvalue weighted by molar-refractivity contribution is -0.119. The van der Waals surface area contributed by atoms with E-state index in [-0.39, 0.29) is 12.1 Å². The highest BCUT2D eigenvalue weighted by atomic mass is 32.2. The molecule has 0 unspecified atom stereocenters. The molecular formula is C11H16FN3O3S. The first-order valence-corrected chi connectivity index (χ1v) is 6.90. The van der Waals surface area contributed by atoms with Crippen molar-refractivity contribution in [3.8, 4) is 0 Å². The third-order valence-corrected chi connectivity index (χ3v) is 4.08. The zero-order valence-corrected chi connectivity index (χ0v) is 11.4. The highest BCUT2D eigenvalue weighted by Gasteiger charge is 2.30. The van der Waals surface area contributed by atoms with Crippen LogP contribution in [0.2, 0.25) is 0 Å². The molecule has 0 saturated carbocycles. The molecule has 5 N–H and O–H groups in total. The summed E-state index contributed by atoms with van der Waals surface area (Å²) in [5.74, 6) is -1.63. The Morgan fingerprint density at radius 3 is 2.47 bits per heavy atom. The molecule has 0 aliphatic heterocycles. The summed E-state index contributed by atoms with van der Waals surface area (Å²) in [6, 6.07) is 3.57. The number of halogens is 1. The minimum atomic E-state index is -4.18. The van der Waals surface area contributed by atoms with E-state index in [2.05, 4.69) is 4.72 Å². The van der Waals surface area contributed by atoms with Crippen LogP contribution in [0.3, 0.4) is 0 Å². The van der Waals surface area contributed by atoms with Gasteiger partial charge < -0.3 is 11.5 Å². The highest BCUT2D eigenvalue weighted by Crippen LogP contribution is 2.23. The Bertz CT molecular complexity index is 579. The number of nitrogen functional groups attached to an aromatic ring is 1. The molecule has 6 nitrogen and oxygen atoms in total. The van der Waals surface area contributed by atoms with E-state index in [1.54, 1.807) is 0 Å². The van der Waals surface area contributed by atoms with E-state index in [9.17, 15) is 17.6 Å². The number of carbonyl (C=O) groups excluding carboxylic acids is 1. The van der Waals surface area contributed by atoms with Gasteiger partial charge in [-0.15, -0.1) is 0 Å². The fraction of sp³-hybridized carbons (Fsp3) is 0.364. The van der Waals surface area contributed by atoms with Crippen LogP contribution >= 0.6 is 0 Å². The average molecular weight is 289 g/mol. The maximum Gasteiger partial charge on any atom is 0.246 e. The van der Waals surface area contributed by atoms with Gasteiger partial charge in [0.15, 0.2) is 0 Å². The number of sulfonamides is 1. The van der Waals surface area contributed by atoms with Gasteiger partial charge in [-0.2, -0.15) is 0 Å². The summed E-state index contributed by atoms with van der Waals surface area (Å²) in [5.41, 5.74) is 9.15. The fourth-order valence-electron chi connectivity index (χ4n) is 1.70. The first-order valence-electron chi connectivity index (χ1n) is 5.41. The summed E-state index contributed by atoms with van der Waals surface area (Å²) in [6.07, 6.45) is -0.222. The normalized spacial score (nSPS) is 12.4. The van der Waals surface area contributed by atoms with Gasteiger partial charge in [-0.05, 0) is 26.0 Å². The Morgan fingerprint density at radius 1 is 1.42 bits per heavy atom. The van der Waals surface area contributed by atoms with Gasteiger partial charge in [0.25, 0.3) is 0 Å². The molecule has 19 heavy (non-hydrogen) atoms. The Balaban J connectivity index is 3.16. The molecular weight excluding hydrogens is 273 g/mol. The SMILES string of the molecule is CC(C)(CC(N)=O)NS(=O)(=O)c1c(N)cccc1F. The minimum absolute atomic E-state index is 0.206. The topological polar surface area (TPSA) is 115 Å². The Kier molecular flexibility index (Phi) is 4.16. The van der Waals surface area contributed by atoms with Gasteiger partial charge in [0.1, 0.15) is 10.7 Å². The highest BCUT2D eigenvalue weighted by molar-refractivity contribution is 7.89. The molecule has 0 aliphatic rings. The predicted octanol–water partition coefficient (Wildman–Crippen LogP) is 0.340. The van der Waals surface area contributed by atoms with Crippen LogP contribution in [0.15, 0.2) is 23.1 Å². The third-order valence-electron chi connectivity index (χ3n) is 2.29. The molecule has 106 valence electrons. The lowest BCUT2D eigenvalue weighted by Crippen LogP contribution is -2.46. The van der Waals surface area contributed by atoms with E-state index in [1.807, 2.05) is 0 Å². The molecule has 0 heterocycles. The van der Waals surface area contributed by atoms with E-state index >= 15 is 0 Å². The number of anilines is 1. The van der Waals surface area contributed by atoms with Crippen LogP contribution in [0.25, 0.3) is 0 Å². The van der Waals surface area contributed by atoms with Crippen molar-refractivity contribution in [2.45, 2.75) is 30.7 Å². The number of primary amides is 1. The lowest BCUT2D eigenvalue weighted by atomic mass is 10.0. The molecule has 0 radical (unpaired) electrons. The number of nitrogens with two attached hydrogens (primary N) is 2. The second-order valence-corrected chi connectivity index (χ2v) is 6.41. The predicted molar refractivity (Wildman–Crippen MR) is 69.0 cm³/mol. The van der Waals surface area contributed by atoms with Gasteiger partial charge in [-0.3, -0.25) is 4.79 Å². The number of nitrogens with one attached hydrogen (secondary N) is 1. The summed E-state index contributed by atoms with van der Waals surface area (Å²) >= 11 is 0. The minimum Gasteiger partial charge on any atom is -0.398 e. The summed E-state index contributed by atoms with van der Waals surface area (Å²) in [6.45, 7) is 2.93. The van der Waals surface area contributed by atoms with Crippen molar-refractivity contribution < 1.29 is 17.6 Å². The first kappa shape index (κ1) is 15.4. The van der Waals surface area contributed by atoms with Gasteiger partial charge >= 0.3 is 0 Å². The smallest absolute Gasteiger partial charge is 0.246 e. The molecule has 0 fully saturated rings. The van der Waals surface area contributed by atoms with E-state index in [1.165, 1.54) is 26.0 Å². The van der Waals surface area contributed by atoms with Gasteiger partial charge in [-0.25, -0.2) is 17.5 Å². The molecule has 0 saturated heterocycles. The number of hydrogen-bond acceptors (Lipinski definition) is 4. The van der Waals surface area contributed by atoms with Crippen LogP contribution in [0.4, 0.5) is 10.1 Å². The number of rotatable bonds is 5. The van der Waals surface area contributed by atoms with Gasteiger partial charge in [0, 0.05) is 12.0 Å². The lowest BCUT2D eigenvalue weighted by Gasteiger charge is -2.24. The van der Waals surface area contributed by atoms with E-state index in [0.717, 1.165) is 6.07 Å². The summed E-state index contributed by atoms with van der Waals surface area (Å²) in [7, 11) is -4.18. The molecule has 1 rings (SSSR count). The van der Waals surface area contributed by atoms with Crippen LogP contribution < -0.4 is 16.2 Å². The molecule has 8 heteroatoms. The average Bonchev–Trinajstić information content (AvgIpc) is 2.11. The Morgan fingerprint density at radius 2 is 2.00 bits per heavy atom. The first-order chi connectivity index (χ1) is 8.55. The molecule has 0 aliphatic carbocycles. The zero-order chi connectivity index (χ0) is 14.8. The Labute approximate surface area is 111 Å². The van der Waals surface area contributed by atoms with Crippen molar-refractivity contribution in [1.29, 1.82) is 0 Å². The van der Waals surface area contributed by atoms with Crippen LogP contribution in [0.1, 0.15) is 20.3 Å². The maximum absolute atomic E-state index is 13.6. The number of benzene rings is 1. The third kappa shape index (κ3) is 3.90. The molecule has 1 aromatic carbocycles. The molecule has 0 aromatic heterocycles. The van der Waals surface area contributed by atoms with Crippen molar-refractivity contribution >= 4 is 21.6 Å². The zero-order valence-electron chi connectivity index (χ0n) is 10.6. The molecule has 0 spiro atoms. The van der Waals surface area contributed by atoms with E-state index in [4.69, 9.17) is 11.5 Å². The van der Waals surface area contributed by atoms with E-state index in [0.29, 0.717) is 0 Å². The van der Waals surface area contributed by atoms with Crippen LogP contribution in [-0.2, 0) is 14.8 Å². The van der Waals surface area contributed by atoms with Gasteiger partial charge in [0.2, 0.25) is 15.9 Å². The van der Waals surface area contributed by atoms with E-state index < -0.39 is 32.2 Å². The maximum atomic E-state index is 13.6. The van der Waals surface area contributed by atoms with Crippen molar-refractivity contribution in [1.82, 2.24) is 4.72 Å². The number of amides is 1. The largest absolute Gasteiger partial charge is 0.398 e. The summed E-state index contributed by atoms with van der Waals surface area (Å²) in [4.78, 5) is 10.2. The van der Waals surface area contributed by atoms with Crippen molar-refractivity contribution in [2.75, 3.05) is 5.73 Å². The van der Waals surface area contributed by atoms with Crippen LogP contribution in [0.5, 0.6) is 0 Å². The number of carbonyl (C=O) groups is 1. The second-order valence-electron chi connectivity index (χ2n) is 4.79. The number of hydrogen-bond donors (Lipinski definition) is 3. The van der Waals surface area contributed by atoms with Gasteiger partial charge in [0.05, 0.1) is 5.69 Å². The Hall–Kier alpha value is -1.67. The quantitative estimate of drug-likeness (QED) is 0.678. The standard InChI is InChI=1S/C11H16FN3O3S/c1-11(2,6-9(14)16)15-19(17,18)10-7(12)4-3-5-8(10)13/h3-5,15H,6,13H2,1-2H3,(H2,14,16). The molecule has 0 bridgehead atoms. The summed E-state index contributed by atoms with van der Waals surface area (Å²) in [5, 5.41) is 0. The molecule has 0 atom stereocenters. The second kappa shape index (κ2) is 5.14. The summed E-state index contributed by atoms with van der Waals surface area (Å²) < 4.78 is 40.0. The van der Waals surface area contributed by atoms with Gasteiger partial charge in [-0.1, -0.05) is 6.07 Å². The van der Waals surface area contributed by atoms with Crippen molar-refractivity contribution in [3.63, 3.8) is 0 Å². The fourth-order valence-corrected chi connectivity index (χ4v) is 3.30. The van der Waals surface area contributed by atoms with Crippen LogP contribution in [-0.4, -0.2) is 19.9 Å². The van der Waals surface area contributed by atoms with Crippen molar-refractivity contribution in [2.24, 2.45) is 5.73 Å².